The van der Waals surface area contributed by atoms with Crippen LogP contribution in [0.15, 0.2) is 152 Å². The van der Waals surface area contributed by atoms with Crippen LogP contribution in [-0.2, 0) is 5.54 Å². The van der Waals surface area contributed by atoms with E-state index >= 15 is 0 Å². The predicted octanol–water partition coefficient (Wildman–Crippen LogP) is 8.54. The van der Waals surface area contributed by atoms with Crippen LogP contribution in [0.5, 0.6) is 0 Å². The molecule has 0 saturated carbocycles. The Labute approximate surface area is 258 Å². The van der Waals surface area contributed by atoms with Crippen LogP contribution < -0.4 is 5.32 Å². The molecule has 5 aromatic carbocycles. The Hall–Kier alpha value is -5.55. The van der Waals surface area contributed by atoms with Crippen molar-refractivity contribution < 1.29 is 9.59 Å². The Morgan fingerprint density at radius 1 is 0.636 bits per heavy atom. The molecule has 0 atom stereocenters. The van der Waals surface area contributed by atoms with Crippen LogP contribution in [0.1, 0.15) is 62.4 Å². The van der Waals surface area contributed by atoms with E-state index in [2.05, 4.69) is 41.7 Å². The van der Waals surface area contributed by atoms with Gasteiger partial charge in [-0.2, -0.15) is 5.10 Å². The van der Waals surface area contributed by atoms with Crippen LogP contribution >= 0.6 is 0 Å². The van der Waals surface area contributed by atoms with Crippen molar-refractivity contribution in [3.63, 3.8) is 0 Å². The van der Waals surface area contributed by atoms with Crippen molar-refractivity contribution in [2.45, 2.75) is 26.3 Å². The second kappa shape index (κ2) is 13.6. The minimum absolute atomic E-state index is 0.232. The molecule has 0 aliphatic rings. The number of hydrogen-bond donors (Lipinski definition) is 1. The molecule has 1 N–H and O–H groups in total. The molecule has 1 heterocycles. The van der Waals surface area contributed by atoms with Gasteiger partial charge >= 0.3 is 0 Å². The number of anilines is 1. The van der Waals surface area contributed by atoms with Crippen molar-refractivity contribution in [1.82, 2.24) is 9.78 Å². The molecule has 6 rings (SSSR count). The van der Waals surface area contributed by atoms with Gasteiger partial charge in [0.15, 0.2) is 5.78 Å². The molecule has 0 aliphatic carbocycles. The maximum absolute atomic E-state index is 14.0. The summed E-state index contributed by atoms with van der Waals surface area (Å²) < 4.78 is 1.87. The largest absolute Gasteiger partial charge is 0.321 e. The average molecular weight is 578 g/mol. The molecule has 0 spiro atoms. The molecule has 1 amide bonds. The number of aryl methyl sites for hydroxylation is 1. The lowest BCUT2D eigenvalue weighted by molar-refractivity contribution is 0.102. The van der Waals surface area contributed by atoms with Gasteiger partial charge in [-0.3, -0.25) is 14.3 Å². The summed E-state index contributed by atoms with van der Waals surface area (Å²) in [5.74, 6) is -0.504. The lowest BCUT2D eigenvalue weighted by atomic mass is 9.77. The highest BCUT2D eigenvalue weighted by atomic mass is 16.2. The molecular formula is C39H35N3O2. The predicted molar refractivity (Wildman–Crippen MR) is 177 cm³/mol. The van der Waals surface area contributed by atoms with Crippen molar-refractivity contribution in [1.29, 1.82) is 0 Å². The number of ketones is 1. The quantitative estimate of drug-likeness (QED) is 0.146. The highest BCUT2D eigenvalue weighted by Gasteiger charge is 2.39. The molecule has 0 fully saturated rings. The molecule has 6 aromatic rings. The van der Waals surface area contributed by atoms with Gasteiger partial charge in [-0.15, -0.1) is 0 Å². The lowest BCUT2D eigenvalue weighted by Crippen LogP contribution is -2.38. The van der Waals surface area contributed by atoms with Gasteiger partial charge in [0.1, 0.15) is 5.54 Å². The van der Waals surface area contributed by atoms with Crippen LogP contribution in [0.25, 0.3) is 0 Å². The summed E-state index contributed by atoms with van der Waals surface area (Å²) in [6, 6.07) is 45.0. The van der Waals surface area contributed by atoms with Gasteiger partial charge in [0, 0.05) is 17.3 Å². The average Bonchev–Trinajstić information content (AvgIpc) is 3.58. The third kappa shape index (κ3) is 5.86. The van der Waals surface area contributed by atoms with Gasteiger partial charge in [0.2, 0.25) is 0 Å². The number of amides is 1. The first-order valence-electron chi connectivity index (χ1n) is 14.8. The summed E-state index contributed by atoms with van der Waals surface area (Å²) in [4.78, 5) is 27.0. The van der Waals surface area contributed by atoms with Crippen LogP contribution in [0, 0.1) is 6.92 Å². The van der Waals surface area contributed by atoms with Gasteiger partial charge in [-0.05, 0) is 47.9 Å². The standard InChI is InChI=1S/C37H29N3O2.C2H6/c1-27-14-13-15-28(24-27)36(42)39-34-23-12-11-22-33(34)35(41)29-25-38-40(26-29)37(30-16-5-2-6-17-30,31-18-7-3-8-19-31)32-20-9-4-10-21-32;1-2/h2-26H,1H3,(H,39,42);1-2H3. The number of nitrogens with zero attached hydrogens (tertiary/aromatic N) is 2. The Balaban J connectivity index is 0.00000188. The van der Waals surface area contributed by atoms with Crippen molar-refractivity contribution in [2.75, 3.05) is 5.32 Å². The minimum Gasteiger partial charge on any atom is -0.321 e. The van der Waals surface area contributed by atoms with Crippen LogP contribution in [0.2, 0.25) is 0 Å². The maximum atomic E-state index is 14.0. The summed E-state index contributed by atoms with van der Waals surface area (Å²) >= 11 is 0. The summed E-state index contributed by atoms with van der Waals surface area (Å²) in [7, 11) is 0. The first-order chi connectivity index (χ1) is 21.6. The van der Waals surface area contributed by atoms with Gasteiger partial charge in [-0.1, -0.05) is 135 Å². The van der Waals surface area contributed by atoms with Gasteiger partial charge in [0.05, 0.1) is 17.4 Å². The van der Waals surface area contributed by atoms with E-state index in [1.165, 1.54) is 0 Å². The molecular weight excluding hydrogens is 542 g/mol. The molecule has 0 radical (unpaired) electrons. The van der Waals surface area contributed by atoms with Gasteiger partial charge < -0.3 is 5.32 Å². The Morgan fingerprint density at radius 2 is 1.16 bits per heavy atom. The summed E-state index contributed by atoms with van der Waals surface area (Å²) in [6.07, 6.45) is 3.40. The zero-order valence-corrected chi connectivity index (χ0v) is 25.1. The highest BCUT2D eigenvalue weighted by Crippen LogP contribution is 2.40. The van der Waals surface area contributed by atoms with Gasteiger partial charge in [0.25, 0.3) is 5.91 Å². The van der Waals surface area contributed by atoms with Crippen molar-refractivity contribution in [2.24, 2.45) is 0 Å². The molecule has 0 aliphatic heterocycles. The number of carbonyl (C=O) groups is 2. The fraction of sp³-hybridized carbons (Fsp3) is 0.103. The van der Waals surface area contributed by atoms with E-state index in [-0.39, 0.29) is 11.7 Å². The first-order valence-corrected chi connectivity index (χ1v) is 14.8. The second-order valence-corrected chi connectivity index (χ2v) is 10.2. The monoisotopic (exact) mass is 577 g/mol. The third-order valence-electron chi connectivity index (χ3n) is 7.46. The smallest absolute Gasteiger partial charge is 0.255 e. The second-order valence-electron chi connectivity index (χ2n) is 10.2. The van der Waals surface area contributed by atoms with Crippen molar-refractivity contribution in [3.8, 4) is 0 Å². The van der Waals surface area contributed by atoms with E-state index < -0.39 is 5.54 Å². The van der Waals surface area contributed by atoms with E-state index in [0.717, 1.165) is 22.3 Å². The molecule has 44 heavy (non-hydrogen) atoms. The molecule has 1 aromatic heterocycles. The summed E-state index contributed by atoms with van der Waals surface area (Å²) in [6.45, 7) is 5.94. The Bertz CT molecular complexity index is 1750. The number of nitrogens with one attached hydrogen (secondary N) is 1. The number of hydrogen-bond acceptors (Lipinski definition) is 3. The minimum atomic E-state index is -0.832. The number of rotatable bonds is 8. The lowest BCUT2D eigenvalue weighted by Gasteiger charge is -2.36. The highest BCUT2D eigenvalue weighted by molar-refractivity contribution is 6.15. The van der Waals surface area contributed by atoms with Gasteiger partial charge in [-0.25, -0.2) is 0 Å². The molecule has 0 saturated heterocycles. The molecule has 0 unspecified atom stereocenters. The van der Waals surface area contributed by atoms with Crippen molar-refractivity contribution >= 4 is 17.4 Å². The maximum Gasteiger partial charge on any atom is 0.255 e. The number of aromatic nitrogens is 2. The topological polar surface area (TPSA) is 64.0 Å². The fourth-order valence-corrected chi connectivity index (χ4v) is 5.48. The number of carbonyl (C=O) groups excluding carboxylic acids is 2. The zero-order valence-electron chi connectivity index (χ0n) is 25.1. The number of benzene rings is 5. The van der Waals surface area contributed by atoms with Crippen LogP contribution in [-0.4, -0.2) is 21.5 Å². The molecule has 5 nitrogen and oxygen atoms in total. The normalized spacial score (nSPS) is 10.8. The zero-order chi connectivity index (χ0) is 30.9. The van der Waals surface area contributed by atoms with Crippen LogP contribution in [0.4, 0.5) is 5.69 Å². The Kier molecular flexibility index (Phi) is 9.26. The van der Waals surface area contributed by atoms with E-state index in [1.54, 1.807) is 42.7 Å². The molecule has 0 bridgehead atoms. The van der Waals surface area contributed by atoms with E-state index in [9.17, 15) is 9.59 Å². The first kappa shape index (κ1) is 29.9. The van der Waals surface area contributed by atoms with E-state index in [0.29, 0.717) is 22.4 Å². The SMILES string of the molecule is CC.Cc1cccc(C(=O)Nc2ccccc2C(=O)c2cnn(C(c3ccccc3)(c3ccccc3)c3ccccc3)c2)c1. The van der Waals surface area contributed by atoms with Crippen molar-refractivity contribution in [3.05, 3.63) is 191 Å². The fourth-order valence-electron chi connectivity index (χ4n) is 5.48. The van der Waals surface area contributed by atoms with E-state index in [4.69, 9.17) is 5.10 Å². The number of para-hydroxylation sites is 1. The van der Waals surface area contributed by atoms with Crippen LogP contribution in [0.3, 0.4) is 0 Å². The third-order valence-corrected chi connectivity index (χ3v) is 7.46. The summed E-state index contributed by atoms with van der Waals surface area (Å²) in [5.41, 5.74) is 4.97. The molecule has 218 valence electrons. The molecule has 5 heteroatoms. The van der Waals surface area contributed by atoms with E-state index in [1.807, 2.05) is 98.2 Å². The summed E-state index contributed by atoms with van der Waals surface area (Å²) in [5, 5.41) is 7.75. The Morgan fingerprint density at radius 3 is 1.70 bits per heavy atom.